The van der Waals surface area contributed by atoms with Gasteiger partial charge in [-0.3, -0.25) is 0 Å². The Hall–Kier alpha value is -1.00. The first-order valence-electron chi connectivity index (χ1n) is 6.66. The van der Waals surface area contributed by atoms with Crippen LogP contribution in [0.2, 0.25) is 0 Å². The van der Waals surface area contributed by atoms with Crippen molar-refractivity contribution in [3.63, 3.8) is 0 Å². The van der Waals surface area contributed by atoms with Crippen LogP contribution in [0.3, 0.4) is 0 Å². The van der Waals surface area contributed by atoms with Gasteiger partial charge in [-0.2, -0.15) is 0 Å². The van der Waals surface area contributed by atoms with Gasteiger partial charge < -0.3 is 31.8 Å². The molecule has 0 saturated carbocycles. The Morgan fingerprint density at radius 2 is 2.05 bits per heavy atom. The molecule has 0 spiro atoms. The van der Waals surface area contributed by atoms with Crippen molar-refractivity contribution in [3.8, 4) is 11.5 Å². The Labute approximate surface area is 124 Å². The molecule has 0 bridgehead atoms. The predicted octanol–water partition coefficient (Wildman–Crippen LogP) is -0.135. The van der Waals surface area contributed by atoms with E-state index in [0.29, 0.717) is 6.79 Å². The number of halogens is 1. The summed E-state index contributed by atoms with van der Waals surface area (Å²) >= 11 is 0. The topological polar surface area (TPSA) is 30.5 Å². The fourth-order valence-corrected chi connectivity index (χ4v) is 2.51. The van der Waals surface area contributed by atoms with E-state index < -0.39 is 0 Å². The minimum absolute atomic E-state index is 0. The average Bonchev–Trinajstić information content (AvgIpc) is 2.87. The van der Waals surface area contributed by atoms with Gasteiger partial charge in [-0.25, -0.2) is 0 Å². The summed E-state index contributed by atoms with van der Waals surface area (Å²) in [5, 5.41) is 3.53. The lowest BCUT2D eigenvalue weighted by Crippen LogP contribution is -3.00. The average molecular weight is 325 g/mol. The molecule has 1 aromatic rings. The van der Waals surface area contributed by atoms with Crippen LogP contribution in [-0.4, -0.2) is 13.3 Å². The van der Waals surface area contributed by atoms with Crippen molar-refractivity contribution in [1.82, 2.24) is 5.32 Å². The SMILES string of the molecule is C1=CCC(CNCc2ccc3c(c2)OCO3)CC1.[Br-]. The van der Waals surface area contributed by atoms with Crippen LogP contribution in [0.5, 0.6) is 11.5 Å². The summed E-state index contributed by atoms with van der Waals surface area (Å²) in [6.07, 6.45) is 8.35. The van der Waals surface area contributed by atoms with Gasteiger partial charge in [0.1, 0.15) is 0 Å². The number of rotatable bonds is 4. The Kier molecular flexibility index (Phi) is 5.28. The second-order valence-corrected chi connectivity index (χ2v) is 4.97. The van der Waals surface area contributed by atoms with Crippen molar-refractivity contribution >= 4 is 0 Å². The third-order valence-corrected chi connectivity index (χ3v) is 3.58. The lowest BCUT2D eigenvalue weighted by Gasteiger charge is -2.18. The summed E-state index contributed by atoms with van der Waals surface area (Å²) in [5.74, 6) is 2.52. The molecular weight excluding hydrogens is 306 g/mol. The zero-order valence-electron chi connectivity index (χ0n) is 10.9. The Morgan fingerprint density at radius 3 is 2.89 bits per heavy atom. The van der Waals surface area contributed by atoms with E-state index in [0.717, 1.165) is 30.5 Å². The maximum Gasteiger partial charge on any atom is 0.231 e. The van der Waals surface area contributed by atoms with E-state index in [1.807, 2.05) is 6.07 Å². The molecule has 0 fully saturated rings. The van der Waals surface area contributed by atoms with E-state index in [4.69, 9.17) is 9.47 Å². The Balaban J connectivity index is 0.00000133. The third-order valence-electron chi connectivity index (χ3n) is 3.58. The van der Waals surface area contributed by atoms with Crippen LogP contribution < -0.4 is 31.8 Å². The molecule has 4 heteroatoms. The summed E-state index contributed by atoms with van der Waals surface area (Å²) in [6, 6.07) is 6.15. The largest absolute Gasteiger partial charge is 1.00 e. The highest BCUT2D eigenvalue weighted by molar-refractivity contribution is 5.44. The van der Waals surface area contributed by atoms with Gasteiger partial charge in [-0.1, -0.05) is 18.2 Å². The molecular formula is C15H19BrNO2-. The molecule has 2 aliphatic rings. The van der Waals surface area contributed by atoms with Crippen LogP contribution in [0, 0.1) is 5.92 Å². The maximum atomic E-state index is 5.38. The van der Waals surface area contributed by atoms with Crippen LogP contribution in [0.4, 0.5) is 0 Å². The molecule has 1 aliphatic heterocycles. The van der Waals surface area contributed by atoms with E-state index in [9.17, 15) is 0 Å². The summed E-state index contributed by atoms with van der Waals surface area (Å²) in [6.45, 7) is 2.34. The quantitative estimate of drug-likeness (QED) is 0.782. The van der Waals surface area contributed by atoms with E-state index in [1.54, 1.807) is 0 Å². The first kappa shape index (κ1) is 14.4. The molecule has 1 unspecified atom stereocenters. The van der Waals surface area contributed by atoms with Crippen LogP contribution in [-0.2, 0) is 6.54 Å². The van der Waals surface area contributed by atoms with E-state index >= 15 is 0 Å². The molecule has 1 aliphatic carbocycles. The molecule has 0 radical (unpaired) electrons. The smallest absolute Gasteiger partial charge is 0.231 e. The molecule has 3 nitrogen and oxygen atoms in total. The number of hydrogen-bond donors (Lipinski definition) is 1. The molecule has 0 saturated heterocycles. The minimum Gasteiger partial charge on any atom is -1.00 e. The third kappa shape index (κ3) is 3.74. The van der Waals surface area contributed by atoms with Crippen LogP contribution in [0.25, 0.3) is 0 Å². The van der Waals surface area contributed by atoms with Gasteiger partial charge in [-0.15, -0.1) is 0 Å². The Morgan fingerprint density at radius 1 is 1.16 bits per heavy atom. The maximum absolute atomic E-state index is 5.38. The van der Waals surface area contributed by atoms with Crippen molar-refractivity contribution in [2.45, 2.75) is 25.8 Å². The lowest BCUT2D eigenvalue weighted by molar-refractivity contribution is -0.00000525. The molecule has 1 aromatic carbocycles. The lowest BCUT2D eigenvalue weighted by atomic mass is 9.94. The van der Waals surface area contributed by atoms with Crippen LogP contribution >= 0.6 is 0 Å². The number of ether oxygens (including phenoxy) is 2. The standard InChI is InChI=1S/C15H19NO2.BrH/c1-2-4-12(5-3-1)9-16-10-13-6-7-14-15(8-13)18-11-17-14;/h1-2,6-8,12,16H,3-5,9-11H2;1H/p-1. The fourth-order valence-electron chi connectivity index (χ4n) is 2.51. The second kappa shape index (κ2) is 6.96. The summed E-state index contributed by atoms with van der Waals surface area (Å²) in [4.78, 5) is 0. The van der Waals surface area contributed by atoms with Crippen molar-refractivity contribution < 1.29 is 26.5 Å². The summed E-state index contributed by atoms with van der Waals surface area (Å²) in [5.41, 5.74) is 1.26. The molecule has 104 valence electrons. The Bertz CT molecular complexity index is 448. The molecule has 0 amide bonds. The number of benzene rings is 1. The summed E-state index contributed by atoms with van der Waals surface area (Å²) < 4.78 is 10.7. The molecule has 1 atom stereocenters. The van der Waals surface area contributed by atoms with Crippen molar-refractivity contribution in [1.29, 1.82) is 0 Å². The predicted molar refractivity (Wildman–Crippen MR) is 70.8 cm³/mol. The number of nitrogens with one attached hydrogen (secondary N) is 1. The van der Waals surface area contributed by atoms with Gasteiger partial charge in [0.2, 0.25) is 6.79 Å². The monoisotopic (exact) mass is 324 g/mol. The van der Waals surface area contributed by atoms with Crippen molar-refractivity contribution in [2.75, 3.05) is 13.3 Å². The number of hydrogen-bond acceptors (Lipinski definition) is 3. The van der Waals surface area contributed by atoms with E-state index in [1.165, 1.54) is 24.8 Å². The zero-order chi connectivity index (χ0) is 12.2. The zero-order valence-corrected chi connectivity index (χ0v) is 12.5. The summed E-state index contributed by atoms with van der Waals surface area (Å²) in [7, 11) is 0. The van der Waals surface area contributed by atoms with Gasteiger partial charge in [0.25, 0.3) is 0 Å². The van der Waals surface area contributed by atoms with Gasteiger partial charge in [0.05, 0.1) is 0 Å². The molecule has 1 heterocycles. The number of allylic oxidation sites excluding steroid dienone is 2. The number of fused-ring (bicyclic) bond motifs is 1. The highest BCUT2D eigenvalue weighted by Crippen LogP contribution is 2.32. The first-order valence-corrected chi connectivity index (χ1v) is 6.66. The fraction of sp³-hybridized carbons (Fsp3) is 0.467. The van der Waals surface area contributed by atoms with Crippen molar-refractivity contribution in [2.24, 2.45) is 5.92 Å². The van der Waals surface area contributed by atoms with Crippen LogP contribution in [0.1, 0.15) is 24.8 Å². The van der Waals surface area contributed by atoms with Gasteiger partial charge >= 0.3 is 0 Å². The molecule has 1 N–H and O–H groups in total. The highest BCUT2D eigenvalue weighted by atomic mass is 79.9. The molecule has 19 heavy (non-hydrogen) atoms. The normalized spacial score (nSPS) is 20.1. The van der Waals surface area contributed by atoms with E-state index in [2.05, 4.69) is 29.6 Å². The van der Waals surface area contributed by atoms with Gasteiger partial charge in [-0.05, 0) is 49.4 Å². The minimum atomic E-state index is 0. The van der Waals surface area contributed by atoms with Crippen LogP contribution in [0.15, 0.2) is 30.4 Å². The van der Waals surface area contributed by atoms with Gasteiger partial charge in [0.15, 0.2) is 11.5 Å². The second-order valence-electron chi connectivity index (χ2n) is 4.97. The molecule has 0 aromatic heterocycles. The first-order chi connectivity index (χ1) is 8.92. The molecule has 3 rings (SSSR count). The van der Waals surface area contributed by atoms with Crippen molar-refractivity contribution in [3.05, 3.63) is 35.9 Å². The highest BCUT2D eigenvalue weighted by Gasteiger charge is 2.13. The van der Waals surface area contributed by atoms with E-state index in [-0.39, 0.29) is 17.0 Å². The van der Waals surface area contributed by atoms with Gasteiger partial charge in [0, 0.05) is 6.54 Å².